The molecule has 0 aliphatic heterocycles. The molecule has 0 fully saturated rings. The van der Waals surface area contributed by atoms with Crippen molar-refractivity contribution in [1.29, 1.82) is 0 Å². The third-order valence-electron chi connectivity index (χ3n) is 9.95. The van der Waals surface area contributed by atoms with Gasteiger partial charge in [0.1, 0.15) is 0 Å². The van der Waals surface area contributed by atoms with Gasteiger partial charge in [-0.25, -0.2) is 0 Å². The molecule has 49 heavy (non-hydrogen) atoms. The topological polar surface area (TPSA) is 12.9 Å². The van der Waals surface area contributed by atoms with Gasteiger partial charge in [0, 0.05) is 17.2 Å². The minimum atomic E-state index is -0.0399. The second kappa shape index (κ2) is 15.1. The molecule has 1 unspecified atom stereocenters. The molecule has 0 amide bonds. The Morgan fingerprint density at radius 3 is 1.51 bits per heavy atom. The van der Waals surface area contributed by atoms with E-state index < -0.39 is 0 Å². The Hall–Kier alpha value is -5.53. The van der Waals surface area contributed by atoms with Crippen molar-refractivity contribution < 1.29 is 0 Å². The van der Waals surface area contributed by atoms with Crippen molar-refractivity contribution >= 4 is 0 Å². The summed E-state index contributed by atoms with van der Waals surface area (Å²) in [6, 6.07) is 64.1. The highest BCUT2D eigenvalue weighted by Crippen LogP contribution is 2.42. The van der Waals surface area contributed by atoms with Crippen molar-refractivity contribution in [3.05, 3.63) is 199 Å². The first-order valence-electron chi connectivity index (χ1n) is 17.6. The van der Waals surface area contributed by atoms with Crippen LogP contribution in [0.3, 0.4) is 0 Å². The van der Waals surface area contributed by atoms with Gasteiger partial charge in [0.25, 0.3) is 0 Å². The molecule has 0 saturated heterocycles. The van der Waals surface area contributed by atoms with E-state index in [1.165, 1.54) is 62.9 Å². The highest BCUT2D eigenvalue weighted by atomic mass is 14.7. The Bertz CT molecular complexity index is 2080. The Balaban J connectivity index is 1.19. The summed E-state index contributed by atoms with van der Waals surface area (Å²) in [6.45, 7) is 2.30. The first-order chi connectivity index (χ1) is 24.2. The van der Waals surface area contributed by atoms with Crippen molar-refractivity contribution in [2.75, 3.05) is 0 Å². The predicted molar refractivity (Wildman–Crippen MR) is 207 cm³/mol. The standard InChI is InChI=1S/C48H43N/c1-2-3-31-48(45-23-8-5-9-24-45,32-30-37-15-6-4-7-16-37)46-28-26-38(27-29-46)39-17-12-18-40(34-39)41-19-13-20-42(35-41)43-21-14-22-44(36-43)47-25-10-11-33-49-47/h4-29,33-36H,2-3,30-32H2,1H3. The number of rotatable bonds is 12. The number of hydrogen-bond acceptors (Lipinski definition) is 1. The van der Waals surface area contributed by atoms with Gasteiger partial charge < -0.3 is 0 Å². The van der Waals surface area contributed by atoms with E-state index in [0.717, 1.165) is 30.5 Å². The van der Waals surface area contributed by atoms with Gasteiger partial charge in [-0.3, -0.25) is 4.98 Å². The minimum absolute atomic E-state index is 0.0399. The number of aromatic nitrogens is 1. The molecule has 240 valence electrons. The molecule has 1 heterocycles. The molecule has 0 radical (unpaired) electrons. The van der Waals surface area contributed by atoms with Gasteiger partial charge >= 0.3 is 0 Å². The molecular formula is C48H43N. The van der Waals surface area contributed by atoms with Crippen molar-refractivity contribution in [2.45, 2.75) is 44.4 Å². The van der Waals surface area contributed by atoms with Gasteiger partial charge in [-0.1, -0.05) is 165 Å². The Labute approximate surface area is 292 Å². The van der Waals surface area contributed by atoms with Crippen LogP contribution in [0.15, 0.2) is 182 Å². The van der Waals surface area contributed by atoms with Crippen molar-refractivity contribution in [2.24, 2.45) is 0 Å². The van der Waals surface area contributed by atoms with E-state index in [2.05, 4.69) is 176 Å². The fourth-order valence-electron chi connectivity index (χ4n) is 7.24. The van der Waals surface area contributed by atoms with E-state index in [4.69, 9.17) is 0 Å². The average molecular weight is 634 g/mol. The summed E-state index contributed by atoms with van der Waals surface area (Å²) in [6.07, 6.45) is 7.49. The molecular weight excluding hydrogens is 591 g/mol. The maximum absolute atomic E-state index is 4.56. The van der Waals surface area contributed by atoms with Gasteiger partial charge in [-0.2, -0.15) is 0 Å². The number of nitrogens with zero attached hydrogens (tertiary/aromatic N) is 1. The van der Waals surface area contributed by atoms with Gasteiger partial charge in [0.05, 0.1) is 5.69 Å². The second-order valence-electron chi connectivity index (χ2n) is 13.1. The van der Waals surface area contributed by atoms with Gasteiger partial charge in [0.2, 0.25) is 0 Å². The van der Waals surface area contributed by atoms with Crippen LogP contribution in [0.5, 0.6) is 0 Å². The van der Waals surface area contributed by atoms with Crippen LogP contribution in [0.1, 0.15) is 49.3 Å². The molecule has 1 atom stereocenters. The number of unbranched alkanes of at least 4 members (excludes halogenated alkanes) is 1. The van der Waals surface area contributed by atoms with Crippen LogP contribution in [0, 0.1) is 0 Å². The minimum Gasteiger partial charge on any atom is -0.256 e. The Morgan fingerprint density at radius 2 is 0.939 bits per heavy atom. The van der Waals surface area contributed by atoms with Gasteiger partial charge in [-0.15, -0.1) is 0 Å². The molecule has 0 N–H and O–H groups in total. The molecule has 7 aromatic rings. The fraction of sp³-hybridized carbons (Fsp3) is 0.146. The lowest BCUT2D eigenvalue weighted by Gasteiger charge is -2.36. The predicted octanol–water partition coefficient (Wildman–Crippen LogP) is 12.9. The normalized spacial score (nSPS) is 12.3. The van der Waals surface area contributed by atoms with Crippen molar-refractivity contribution in [1.82, 2.24) is 4.98 Å². The molecule has 1 heteroatoms. The van der Waals surface area contributed by atoms with Crippen LogP contribution in [0.4, 0.5) is 0 Å². The molecule has 0 spiro atoms. The van der Waals surface area contributed by atoms with Gasteiger partial charge in [0.15, 0.2) is 0 Å². The highest BCUT2D eigenvalue weighted by molar-refractivity contribution is 5.78. The van der Waals surface area contributed by atoms with Crippen LogP contribution >= 0.6 is 0 Å². The maximum atomic E-state index is 4.56. The van der Waals surface area contributed by atoms with Crippen LogP contribution in [0.2, 0.25) is 0 Å². The number of pyridine rings is 1. The first-order valence-corrected chi connectivity index (χ1v) is 17.6. The van der Waals surface area contributed by atoms with Crippen LogP contribution in [-0.2, 0) is 11.8 Å². The van der Waals surface area contributed by atoms with E-state index in [1.807, 2.05) is 18.3 Å². The maximum Gasteiger partial charge on any atom is 0.0702 e. The summed E-state index contributed by atoms with van der Waals surface area (Å²) in [7, 11) is 0. The first kappa shape index (κ1) is 32.0. The summed E-state index contributed by atoms with van der Waals surface area (Å²) < 4.78 is 0. The zero-order valence-corrected chi connectivity index (χ0v) is 28.3. The van der Waals surface area contributed by atoms with E-state index in [-0.39, 0.29) is 5.41 Å². The van der Waals surface area contributed by atoms with Crippen LogP contribution in [0.25, 0.3) is 44.6 Å². The summed E-state index contributed by atoms with van der Waals surface area (Å²) in [5.41, 5.74) is 13.6. The van der Waals surface area contributed by atoms with E-state index in [0.29, 0.717) is 0 Å². The largest absolute Gasteiger partial charge is 0.256 e. The van der Waals surface area contributed by atoms with Crippen molar-refractivity contribution in [3.8, 4) is 44.6 Å². The Morgan fingerprint density at radius 1 is 0.429 bits per heavy atom. The van der Waals surface area contributed by atoms with Crippen molar-refractivity contribution in [3.63, 3.8) is 0 Å². The highest BCUT2D eigenvalue weighted by Gasteiger charge is 2.33. The number of aryl methyl sites for hydroxylation is 1. The van der Waals surface area contributed by atoms with Gasteiger partial charge in [-0.05, 0) is 99.7 Å². The lowest BCUT2D eigenvalue weighted by molar-refractivity contribution is 0.420. The van der Waals surface area contributed by atoms with Crippen LogP contribution in [-0.4, -0.2) is 4.98 Å². The number of hydrogen-bond donors (Lipinski definition) is 0. The molecule has 0 saturated carbocycles. The molecule has 6 aromatic carbocycles. The number of benzene rings is 6. The molecule has 7 rings (SSSR count). The SMILES string of the molecule is CCCCC(CCc1ccccc1)(c1ccccc1)c1ccc(-c2cccc(-c3cccc(-c4cccc(-c5ccccn5)c4)c3)c2)cc1. The zero-order valence-electron chi connectivity index (χ0n) is 28.3. The van der Waals surface area contributed by atoms with E-state index >= 15 is 0 Å². The van der Waals surface area contributed by atoms with Crippen LogP contribution < -0.4 is 0 Å². The summed E-state index contributed by atoms with van der Waals surface area (Å²) >= 11 is 0. The monoisotopic (exact) mass is 633 g/mol. The molecule has 0 aliphatic carbocycles. The summed E-state index contributed by atoms with van der Waals surface area (Å²) in [5.74, 6) is 0. The quantitative estimate of drug-likeness (QED) is 0.130. The summed E-state index contributed by atoms with van der Waals surface area (Å²) in [4.78, 5) is 4.56. The fourth-order valence-corrected chi connectivity index (χ4v) is 7.24. The molecule has 1 aromatic heterocycles. The molecule has 0 bridgehead atoms. The third-order valence-corrected chi connectivity index (χ3v) is 9.95. The molecule has 1 nitrogen and oxygen atoms in total. The Kier molecular flexibility index (Phi) is 9.90. The second-order valence-corrected chi connectivity index (χ2v) is 13.1. The van der Waals surface area contributed by atoms with E-state index in [1.54, 1.807) is 0 Å². The zero-order chi connectivity index (χ0) is 33.3. The van der Waals surface area contributed by atoms with E-state index in [9.17, 15) is 0 Å². The summed E-state index contributed by atoms with van der Waals surface area (Å²) in [5, 5.41) is 0. The lowest BCUT2D eigenvalue weighted by atomic mass is 9.67. The molecule has 0 aliphatic rings. The average Bonchev–Trinajstić information content (AvgIpc) is 3.19. The third kappa shape index (κ3) is 7.32. The lowest BCUT2D eigenvalue weighted by Crippen LogP contribution is -2.29. The smallest absolute Gasteiger partial charge is 0.0702 e.